The van der Waals surface area contributed by atoms with Crippen LogP contribution in [0.3, 0.4) is 0 Å². The molecule has 2 aliphatic heterocycles. The molecular weight excluding hydrogens is 272 g/mol. The first-order chi connectivity index (χ1) is 10.8. The average Bonchev–Trinajstić information content (AvgIpc) is 2.54. The number of fused-ring (bicyclic) bond motifs is 1. The Balaban J connectivity index is 1.37. The molecule has 4 rings (SSSR count). The zero-order valence-corrected chi connectivity index (χ0v) is 12.6. The lowest BCUT2D eigenvalue weighted by molar-refractivity contribution is 0.0218. The van der Waals surface area contributed by atoms with E-state index in [1.165, 1.54) is 11.1 Å². The summed E-state index contributed by atoms with van der Waals surface area (Å²) in [6.45, 7) is 3.84. The number of carbonyl (C=O) groups excluding carboxylic acids is 1. The average molecular weight is 292 g/mol. The van der Waals surface area contributed by atoms with Crippen molar-refractivity contribution in [3.8, 4) is 0 Å². The first-order valence-electron chi connectivity index (χ1n) is 7.96. The van der Waals surface area contributed by atoms with Crippen molar-refractivity contribution < 1.29 is 4.79 Å². The monoisotopic (exact) mass is 292 g/mol. The van der Waals surface area contributed by atoms with Gasteiger partial charge in [0.05, 0.1) is 0 Å². The van der Waals surface area contributed by atoms with Gasteiger partial charge in [0.15, 0.2) is 0 Å². The highest BCUT2D eigenvalue weighted by Gasteiger charge is 2.36. The molecule has 0 unspecified atom stereocenters. The van der Waals surface area contributed by atoms with Crippen LogP contribution < -0.4 is 0 Å². The molecule has 1 fully saturated rings. The second-order valence-corrected chi connectivity index (χ2v) is 6.22. The van der Waals surface area contributed by atoms with Gasteiger partial charge in [0, 0.05) is 37.8 Å². The molecule has 0 saturated carbocycles. The molecular formula is C19H20N2O. The van der Waals surface area contributed by atoms with Crippen LogP contribution in [0.2, 0.25) is 0 Å². The van der Waals surface area contributed by atoms with Gasteiger partial charge in [0.1, 0.15) is 0 Å². The van der Waals surface area contributed by atoms with E-state index in [1.807, 2.05) is 35.2 Å². The summed E-state index contributed by atoms with van der Waals surface area (Å²) in [4.78, 5) is 16.8. The van der Waals surface area contributed by atoms with Gasteiger partial charge in [-0.05, 0) is 29.7 Å². The molecule has 3 heteroatoms. The molecule has 1 amide bonds. The Labute approximate surface area is 131 Å². The third-order valence-electron chi connectivity index (χ3n) is 4.85. The molecule has 2 heterocycles. The normalized spacial score (nSPS) is 18.6. The first kappa shape index (κ1) is 13.5. The van der Waals surface area contributed by atoms with Crippen LogP contribution in [0.4, 0.5) is 0 Å². The maximum atomic E-state index is 12.4. The van der Waals surface area contributed by atoms with Crippen molar-refractivity contribution in [1.29, 1.82) is 0 Å². The summed E-state index contributed by atoms with van der Waals surface area (Å²) in [5.74, 6) is 0.161. The van der Waals surface area contributed by atoms with Crippen LogP contribution in [0, 0.1) is 0 Å². The largest absolute Gasteiger partial charge is 0.335 e. The van der Waals surface area contributed by atoms with Crippen LogP contribution in [0.1, 0.15) is 21.5 Å². The van der Waals surface area contributed by atoms with Gasteiger partial charge in [-0.1, -0.05) is 42.5 Å². The fourth-order valence-electron chi connectivity index (χ4n) is 3.44. The Bertz CT molecular complexity index is 677. The number of amides is 1. The Kier molecular flexibility index (Phi) is 3.43. The van der Waals surface area contributed by atoms with Crippen LogP contribution in [-0.4, -0.2) is 41.4 Å². The summed E-state index contributed by atoms with van der Waals surface area (Å²) >= 11 is 0. The molecule has 2 aliphatic rings. The minimum Gasteiger partial charge on any atom is -0.335 e. The summed E-state index contributed by atoms with van der Waals surface area (Å²) in [7, 11) is 0. The SMILES string of the molecule is O=C(c1ccccc1)N1CC(N2CCc3ccccc3C2)C1. The highest BCUT2D eigenvalue weighted by Crippen LogP contribution is 2.25. The molecule has 3 nitrogen and oxygen atoms in total. The minimum absolute atomic E-state index is 0.161. The molecule has 1 saturated heterocycles. The maximum absolute atomic E-state index is 12.4. The third-order valence-corrected chi connectivity index (χ3v) is 4.85. The Morgan fingerprint density at radius 2 is 1.59 bits per heavy atom. The topological polar surface area (TPSA) is 23.6 Å². The molecule has 0 aliphatic carbocycles. The zero-order chi connectivity index (χ0) is 14.9. The Morgan fingerprint density at radius 3 is 2.36 bits per heavy atom. The summed E-state index contributed by atoms with van der Waals surface area (Å²) in [5.41, 5.74) is 3.72. The van der Waals surface area contributed by atoms with E-state index in [-0.39, 0.29) is 5.91 Å². The third kappa shape index (κ3) is 2.42. The van der Waals surface area contributed by atoms with Crippen molar-refractivity contribution in [2.75, 3.05) is 19.6 Å². The van der Waals surface area contributed by atoms with E-state index in [2.05, 4.69) is 29.2 Å². The lowest BCUT2D eigenvalue weighted by Crippen LogP contribution is -2.61. The van der Waals surface area contributed by atoms with Gasteiger partial charge in [0.2, 0.25) is 0 Å². The van der Waals surface area contributed by atoms with E-state index in [0.717, 1.165) is 38.2 Å². The van der Waals surface area contributed by atoms with Crippen LogP contribution in [0.25, 0.3) is 0 Å². The van der Waals surface area contributed by atoms with E-state index >= 15 is 0 Å². The quantitative estimate of drug-likeness (QED) is 0.849. The molecule has 0 bridgehead atoms. The predicted octanol–water partition coefficient (Wildman–Crippen LogP) is 2.57. The molecule has 0 aromatic heterocycles. The number of rotatable bonds is 2. The molecule has 0 atom stereocenters. The van der Waals surface area contributed by atoms with Crippen LogP contribution in [0.5, 0.6) is 0 Å². The van der Waals surface area contributed by atoms with Crippen molar-refractivity contribution in [2.45, 2.75) is 19.0 Å². The van der Waals surface area contributed by atoms with Crippen LogP contribution in [0.15, 0.2) is 54.6 Å². The molecule has 0 N–H and O–H groups in total. The second kappa shape index (κ2) is 5.58. The van der Waals surface area contributed by atoms with Crippen molar-refractivity contribution >= 4 is 5.91 Å². The first-order valence-corrected chi connectivity index (χ1v) is 7.96. The van der Waals surface area contributed by atoms with E-state index in [4.69, 9.17) is 0 Å². The van der Waals surface area contributed by atoms with Crippen LogP contribution >= 0.6 is 0 Å². The van der Waals surface area contributed by atoms with Gasteiger partial charge in [-0.2, -0.15) is 0 Å². The fraction of sp³-hybridized carbons (Fsp3) is 0.316. The molecule has 0 spiro atoms. The number of carbonyl (C=O) groups is 1. The number of hydrogen-bond acceptors (Lipinski definition) is 2. The fourth-order valence-corrected chi connectivity index (χ4v) is 3.44. The molecule has 2 aromatic rings. The van der Waals surface area contributed by atoms with Gasteiger partial charge in [-0.3, -0.25) is 9.69 Å². The van der Waals surface area contributed by atoms with Crippen molar-refractivity contribution in [3.05, 3.63) is 71.3 Å². The van der Waals surface area contributed by atoms with Gasteiger partial charge in [-0.15, -0.1) is 0 Å². The van der Waals surface area contributed by atoms with Gasteiger partial charge < -0.3 is 4.90 Å². The lowest BCUT2D eigenvalue weighted by atomic mass is 9.96. The van der Waals surface area contributed by atoms with Crippen molar-refractivity contribution in [2.24, 2.45) is 0 Å². The van der Waals surface area contributed by atoms with Crippen molar-refractivity contribution in [3.63, 3.8) is 0 Å². The summed E-state index contributed by atoms with van der Waals surface area (Å²) in [5, 5.41) is 0. The van der Waals surface area contributed by atoms with Gasteiger partial charge in [-0.25, -0.2) is 0 Å². The zero-order valence-electron chi connectivity index (χ0n) is 12.6. The van der Waals surface area contributed by atoms with E-state index in [1.54, 1.807) is 0 Å². The van der Waals surface area contributed by atoms with Gasteiger partial charge in [0.25, 0.3) is 5.91 Å². The Hall–Kier alpha value is -2.13. The summed E-state index contributed by atoms with van der Waals surface area (Å²) < 4.78 is 0. The molecule has 112 valence electrons. The van der Waals surface area contributed by atoms with Crippen LogP contribution in [-0.2, 0) is 13.0 Å². The van der Waals surface area contributed by atoms with Gasteiger partial charge >= 0.3 is 0 Å². The summed E-state index contributed by atoms with van der Waals surface area (Å²) in [6, 6.07) is 18.8. The molecule has 2 aromatic carbocycles. The maximum Gasteiger partial charge on any atom is 0.253 e. The summed E-state index contributed by atoms with van der Waals surface area (Å²) in [6.07, 6.45) is 1.12. The van der Waals surface area contributed by atoms with E-state index < -0.39 is 0 Å². The van der Waals surface area contributed by atoms with E-state index in [0.29, 0.717) is 6.04 Å². The standard InChI is InChI=1S/C19H20N2O/c22-19(16-7-2-1-3-8-16)21-13-18(14-21)20-11-10-15-6-4-5-9-17(15)12-20/h1-9,18H,10-14H2. The minimum atomic E-state index is 0.161. The highest BCUT2D eigenvalue weighted by molar-refractivity contribution is 5.94. The lowest BCUT2D eigenvalue weighted by Gasteiger charge is -2.47. The van der Waals surface area contributed by atoms with E-state index in [9.17, 15) is 4.79 Å². The number of likely N-dealkylation sites (tertiary alicyclic amines) is 1. The predicted molar refractivity (Wildman–Crippen MR) is 86.7 cm³/mol. The molecule has 22 heavy (non-hydrogen) atoms. The van der Waals surface area contributed by atoms with Crippen molar-refractivity contribution in [1.82, 2.24) is 9.80 Å². The number of nitrogens with zero attached hydrogens (tertiary/aromatic N) is 2. The molecule has 0 radical (unpaired) electrons. The highest BCUT2D eigenvalue weighted by atomic mass is 16.2. The Morgan fingerprint density at radius 1 is 0.909 bits per heavy atom. The number of benzene rings is 2. The smallest absolute Gasteiger partial charge is 0.253 e. The second-order valence-electron chi connectivity index (χ2n) is 6.22. The number of hydrogen-bond donors (Lipinski definition) is 0.